The van der Waals surface area contributed by atoms with Gasteiger partial charge in [-0.1, -0.05) is 0 Å². The summed E-state index contributed by atoms with van der Waals surface area (Å²) in [5.41, 5.74) is 2.43. The highest BCUT2D eigenvalue weighted by Gasteiger charge is 2.22. The zero-order valence-electron chi connectivity index (χ0n) is 11.9. The molecule has 106 valence electrons. The number of rotatable bonds is 2. The van der Waals surface area contributed by atoms with Crippen LogP contribution in [0.4, 0.5) is 0 Å². The summed E-state index contributed by atoms with van der Waals surface area (Å²) in [5, 5.41) is 2.99. The van der Waals surface area contributed by atoms with Crippen molar-refractivity contribution in [3.8, 4) is 0 Å². The fourth-order valence-electron chi connectivity index (χ4n) is 2.70. The van der Waals surface area contributed by atoms with Crippen LogP contribution in [0.3, 0.4) is 0 Å². The summed E-state index contributed by atoms with van der Waals surface area (Å²) in [7, 11) is 0. The summed E-state index contributed by atoms with van der Waals surface area (Å²) in [4.78, 5) is 20.7. The van der Waals surface area contributed by atoms with E-state index in [2.05, 4.69) is 19.9 Å². The Hall–Kier alpha value is -1.53. The number of aromatic nitrogens is 4. The van der Waals surface area contributed by atoms with Crippen molar-refractivity contribution in [3.05, 3.63) is 34.2 Å². The van der Waals surface area contributed by atoms with Gasteiger partial charge in [0.25, 0.3) is 0 Å². The highest BCUT2D eigenvalue weighted by atomic mass is 32.2. The minimum atomic E-state index is 0.757. The van der Waals surface area contributed by atoms with Gasteiger partial charge in [-0.05, 0) is 56.5 Å². The number of hydrogen-bond donors (Lipinski definition) is 0. The molecule has 0 atom stereocenters. The lowest BCUT2D eigenvalue weighted by Crippen LogP contribution is -1.94. The van der Waals surface area contributed by atoms with E-state index in [0.717, 1.165) is 33.0 Å². The summed E-state index contributed by atoms with van der Waals surface area (Å²) in [5.74, 6) is 0.817. The van der Waals surface area contributed by atoms with E-state index in [0.29, 0.717) is 0 Å². The van der Waals surface area contributed by atoms with Crippen molar-refractivity contribution in [2.75, 3.05) is 0 Å². The molecule has 4 nitrogen and oxygen atoms in total. The number of hydrogen-bond acceptors (Lipinski definition) is 6. The molecule has 3 heterocycles. The lowest BCUT2D eigenvalue weighted by Gasteiger charge is -2.04. The molecule has 21 heavy (non-hydrogen) atoms. The molecule has 3 aromatic heterocycles. The lowest BCUT2D eigenvalue weighted by atomic mass is 10.2. The third kappa shape index (κ3) is 2.32. The smallest absolute Gasteiger partial charge is 0.194 e. The van der Waals surface area contributed by atoms with Crippen molar-refractivity contribution >= 4 is 33.3 Å². The summed E-state index contributed by atoms with van der Waals surface area (Å²) in [6, 6.07) is 1.91. The van der Waals surface area contributed by atoms with Gasteiger partial charge >= 0.3 is 0 Å². The Balaban J connectivity index is 1.87. The average Bonchev–Trinajstić information content (AvgIpc) is 2.98. The normalized spacial score (nSPS) is 13.8. The maximum absolute atomic E-state index is 4.65. The van der Waals surface area contributed by atoms with E-state index in [1.54, 1.807) is 18.0 Å². The number of aryl methyl sites for hydroxylation is 4. The van der Waals surface area contributed by atoms with Crippen LogP contribution in [0, 0.1) is 13.8 Å². The van der Waals surface area contributed by atoms with Crippen LogP contribution in [0.1, 0.15) is 28.4 Å². The molecular weight excluding hydrogens is 300 g/mol. The molecular formula is C15H14N4S2. The fraction of sp³-hybridized carbons (Fsp3) is 0.333. The van der Waals surface area contributed by atoms with Crippen molar-refractivity contribution in [3.63, 3.8) is 0 Å². The lowest BCUT2D eigenvalue weighted by molar-refractivity contribution is 0.911. The van der Waals surface area contributed by atoms with Crippen molar-refractivity contribution in [2.24, 2.45) is 0 Å². The Morgan fingerprint density at radius 1 is 1.14 bits per heavy atom. The SMILES string of the molecule is Cc1ccnc(Sc2nc(C)nc3sc4c(c23)CCC4)n1. The zero-order chi connectivity index (χ0) is 14.4. The van der Waals surface area contributed by atoms with Crippen molar-refractivity contribution < 1.29 is 0 Å². The van der Waals surface area contributed by atoms with Gasteiger partial charge in [0.1, 0.15) is 15.7 Å². The molecule has 0 bridgehead atoms. The molecule has 0 saturated carbocycles. The highest BCUT2D eigenvalue weighted by Crippen LogP contribution is 2.41. The molecule has 4 rings (SSSR count). The van der Waals surface area contributed by atoms with E-state index < -0.39 is 0 Å². The second kappa shape index (κ2) is 5.03. The fourth-order valence-corrected chi connectivity index (χ4v) is 5.05. The first-order chi connectivity index (χ1) is 10.2. The van der Waals surface area contributed by atoms with E-state index in [1.165, 1.54) is 28.7 Å². The molecule has 0 aliphatic heterocycles. The molecule has 0 saturated heterocycles. The molecule has 0 aromatic carbocycles. The van der Waals surface area contributed by atoms with Gasteiger partial charge in [-0.3, -0.25) is 0 Å². The maximum atomic E-state index is 4.65. The van der Waals surface area contributed by atoms with Crippen LogP contribution in [0.5, 0.6) is 0 Å². The van der Waals surface area contributed by atoms with Crippen LogP contribution in [0.2, 0.25) is 0 Å². The van der Waals surface area contributed by atoms with Gasteiger partial charge in [-0.2, -0.15) is 0 Å². The van der Waals surface area contributed by atoms with Crippen LogP contribution in [-0.2, 0) is 12.8 Å². The summed E-state index contributed by atoms with van der Waals surface area (Å²) >= 11 is 3.37. The third-order valence-electron chi connectivity index (χ3n) is 3.60. The molecule has 0 N–H and O–H groups in total. The van der Waals surface area contributed by atoms with Crippen molar-refractivity contribution in [1.82, 2.24) is 19.9 Å². The second-order valence-corrected chi connectivity index (χ2v) is 7.24. The molecule has 1 aliphatic rings. The first kappa shape index (κ1) is 13.2. The minimum absolute atomic E-state index is 0.757. The first-order valence-corrected chi connectivity index (χ1v) is 8.60. The molecule has 0 amide bonds. The van der Waals surface area contributed by atoms with Gasteiger partial charge in [0.15, 0.2) is 5.16 Å². The Labute approximate surface area is 131 Å². The van der Waals surface area contributed by atoms with E-state index in [4.69, 9.17) is 0 Å². The molecule has 6 heteroatoms. The van der Waals surface area contributed by atoms with Gasteiger partial charge in [0.2, 0.25) is 0 Å². The van der Waals surface area contributed by atoms with Crippen LogP contribution in [0.25, 0.3) is 10.2 Å². The van der Waals surface area contributed by atoms with E-state index >= 15 is 0 Å². The monoisotopic (exact) mass is 314 g/mol. The summed E-state index contributed by atoms with van der Waals surface area (Å²) < 4.78 is 0. The predicted molar refractivity (Wildman–Crippen MR) is 85.1 cm³/mol. The number of fused-ring (bicyclic) bond motifs is 3. The molecule has 0 fully saturated rings. The Morgan fingerprint density at radius 3 is 2.90 bits per heavy atom. The van der Waals surface area contributed by atoms with E-state index in [1.807, 2.05) is 31.3 Å². The quantitative estimate of drug-likeness (QED) is 0.533. The first-order valence-electron chi connectivity index (χ1n) is 6.97. The molecule has 0 radical (unpaired) electrons. The van der Waals surface area contributed by atoms with Gasteiger partial charge in [0, 0.05) is 22.2 Å². The van der Waals surface area contributed by atoms with Crippen LogP contribution >= 0.6 is 23.1 Å². The molecule has 3 aromatic rings. The highest BCUT2D eigenvalue weighted by molar-refractivity contribution is 7.99. The molecule has 0 unspecified atom stereocenters. The second-order valence-electron chi connectivity index (χ2n) is 5.20. The molecule has 0 spiro atoms. The Kier molecular flexibility index (Phi) is 3.15. The summed E-state index contributed by atoms with van der Waals surface area (Å²) in [6.07, 6.45) is 5.37. The largest absolute Gasteiger partial charge is 0.231 e. The predicted octanol–water partition coefficient (Wildman–Crippen LogP) is 3.74. The van der Waals surface area contributed by atoms with Gasteiger partial charge < -0.3 is 0 Å². The summed E-state index contributed by atoms with van der Waals surface area (Å²) in [6.45, 7) is 3.93. The van der Waals surface area contributed by atoms with E-state index in [9.17, 15) is 0 Å². The number of thiophene rings is 1. The van der Waals surface area contributed by atoms with E-state index in [-0.39, 0.29) is 0 Å². The minimum Gasteiger partial charge on any atom is -0.231 e. The average molecular weight is 314 g/mol. The topological polar surface area (TPSA) is 51.6 Å². The molecule has 1 aliphatic carbocycles. The Morgan fingerprint density at radius 2 is 2.05 bits per heavy atom. The van der Waals surface area contributed by atoms with Crippen LogP contribution in [0.15, 0.2) is 22.4 Å². The standard InChI is InChI=1S/C15H14N4S2/c1-8-6-7-16-15(17-8)21-14-12-10-4-3-5-11(10)20-13(12)18-9(2)19-14/h6-7H,3-5H2,1-2H3. The van der Waals surface area contributed by atoms with Gasteiger partial charge in [0.05, 0.1) is 0 Å². The van der Waals surface area contributed by atoms with Gasteiger partial charge in [-0.25, -0.2) is 19.9 Å². The van der Waals surface area contributed by atoms with Crippen molar-refractivity contribution in [2.45, 2.75) is 43.3 Å². The van der Waals surface area contributed by atoms with Gasteiger partial charge in [-0.15, -0.1) is 11.3 Å². The third-order valence-corrected chi connectivity index (χ3v) is 5.66. The van der Waals surface area contributed by atoms with Crippen LogP contribution in [-0.4, -0.2) is 19.9 Å². The Bertz CT molecular complexity index is 841. The van der Waals surface area contributed by atoms with Crippen LogP contribution < -0.4 is 0 Å². The zero-order valence-corrected chi connectivity index (χ0v) is 13.5. The van der Waals surface area contributed by atoms with Crippen molar-refractivity contribution in [1.29, 1.82) is 0 Å². The maximum Gasteiger partial charge on any atom is 0.194 e. The number of nitrogens with zero attached hydrogens (tertiary/aromatic N) is 4.